The molecule has 1 rings (SSSR count). The molecule has 4 heteroatoms. The molecule has 4 nitrogen and oxygen atoms in total. The molecule has 0 atom stereocenters. The van der Waals surface area contributed by atoms with Crippen molar-refractivity contribution in [1.82, 2.24) is 4.90 Å². The number of benzene rings is 1. The zero-order valence-corrected chi connectivity index (χ0v) is 14.8. The molecule has 0 spiro atoms. The average Bonchev–Trinajstić information content (AvgIpc) is 2.54. The van der Waals surface area contributed by atoms with Gasteiger partial charge < -0.3 is 14.4 Å². The molecule has 0 aliphatic rings. The molecule has 0 heterocycles. The Labute approximate surface area is 140 Å². The van der Waals surface area contributed by atoms with Gasteiger partial charge in [-0.1, -0.05) is 32.8 Å². The number of carbonyl (C=O) groups is 1. The second-order valence-electron chi connectivity index (χ2n) is 5.68. The summed E-state index contributed by atoms with van der Waals surface area (Å²) in [5.74, 6) is 1.47. The molecule has 0 saturated carbocycles. The number of unbranched alkanes of at least 4 members (excludes halogenated alkanes) is 2. The van der Waals surface area contributed by atoms with Gasteiger partial charge in [-0.25, -0.2) is 0 Å². The van der Waals surface area contributed by atoms with Gasteiger partial charge in [0, 0.05) is 20.2 Å². The largest absolute Gasteiger partial charge is 0.490 e. The molecule has 0 saturated heterocycles. The van der Waals surface area contributed by atoms with Crippen molar-refractivity contribution >= 4 is 12.0 Å². The lowest BCUT2D eigenvalue weighted by Crippen LogP contribution is -2.18. The van der Waals surface area contributed by atoms with Gasteiger partial charge in [0.1, 0.15) is 0 Å². The Hall–Kier alpha value is -1.97. The molecular weight excluding hydrogens is 290 g/mol. The number of carbonyl (C=O) groups excluding carboxylic acids is 1. The summed E-state index contributed by atoms with van der Waals surface area (Å²) in [7, 11) is 3.47. The number of likely N-dealkylation sites (N-methyl/N-ethyl adjacent to an activating group) is 1. The van der Waals surface area contributed by atoms with E-state index in [0.29, 0.717) is 13.2 Å². The Morgan fingerprint density at radius 1 is 1.04 bits per heavy atom. The first-order valence-electron chi connectivity index (χ1n) is 8.37. The summed E-state index contributed by atoms with van der Waals surface area (Å²) in [4.78, 5) is 13.2. The second kappa shape index (κ2) is 10.7. The van der Waals surface area contributed by atoms with Gasteiger partial charge >= 0.3 is 0 Å². The molecule has 0 aliphatic carbocycles. The molecule has 0 unspecified atom stereocenters. The van der Waals surface area contributed by atoms with Crippen LogP contribution in [0.1, 0.15) is 45.1 Å². The summed E-state index contributed by atoms with van der Waals surface area (Å²) in [5, 5.41) is 0. The molecule has 128 valence electrons. The van der Waals surface area contributed by atoms with Crippen LogP contribution in [0.3, 0.4) is 0 Å². The van der Waals surface area contributed by atoms with E-state index < -0.39 is 0 Å². The van der Waals surface area contributed by atoms with Crippen molar-refractivity contribution in [3.63, 3.8) is 0 Å². The lowest BCUT2D eigenvalue weighted by Gasteiger charge is -2.13. The van der Waals surface area contributed by atoms with E-state index >= 15 is 0 Å². The SMILES string of the molecule is CCCCOc1ccc(/C=C/C(=O)N(C)C)cc1OCCCC. The molecule has 1 aromatic rings. The van der Waals surface area contributed by atoms with Crippen LogP contribution in [0.5, 0.6) is 11.5 Å². The first-order chi connectivity index (χ1) is 11.1. The topological polar surface area (TPSA) is 38.8 Å². The molecule has 1 amide bonds. The Kier molecular flexibility index (Phi) is 8.88. The van der Waals surface area contributed by atoms with Crippen LogP contribution >= 0.6 is 0 Å². The predicted molar refractivity (Wildman–Crippen MR) is 95.0 cm³/mol. The Balaban J connectivity index is 2.84. The van der Waals surface area contributed by atoms with Crippen molar-refractivity contribution in [2.24, 2.45) is 0 Å². The van der Waals surface area contributed by atoms with Crippen molar-refractivity contribution < 1.29 is 14.3 Å². The van der Waals surface area contributed by atoms with Crippen LogP contribution in [0.15, 0.2) is 24.3 Å². The van der Waals surface area contributed by atoms with Crippen LogP contribution in [0, 0.1) is 0 Å². The predicted octanol–water partition coefficient (Wildman–Crippen LogP) is 4.15. The summed E-state index contributed by atoms with van der Waals surface area (Å²) < 4.78 is 11.7. The standard InChI is InChI=1S/C19H29NO3/c1-5-7-13-22-17-11-9-16(10-12-19(21)20(3)4)15-18(17)23-14-8-6-2/h9-12,15H,5-8,13-14H2,1-4H3/b12-10+. The third kappa shape index (κ3) is 7.22. The van der Waals surface area contributed by atoms with Gasteiger partial charge in [0.05, 0.1) is 13.2 Å². The molecule has 0 radical (unpaired) electrons. The molecule has 1 aromatic carbocycles. The van der Waals surface area contributed by atoms with Crippen molar-refractivity contribution in [3.05, 3.63) is 29.8 Å². The third-order valence-corrected chi connectivity index (χ3v) is 3.34. The number of rotatable bonds is 10. The zero-order chi connectivity index (χ0) is 17.1. The summed E-state index contributed by atoms with van der Waals surface area (Å²) in [6, 6.07) is 5.78. The molecule has 0 aromatic heterocycles. The van der Waals surface area contributed by atoms with E-state index in [4.69, 9.17) is 9.47 Å². The summed E-state index contributed by atoms with van der Waals surface area (Å²) >= 11 is 0. The van der Waals surface area contributed by atoms with Crippen LogP contribution in [0.2, 0.25) is 0 Å². The van der Waals surface area contributed by atoms with E-state index in [-0.39, 0.29) is 5.91 Å². The van der Waals surface area contributed by atoms with E-state index in [0.717, 1.165) is 42.7 Å². The van der Waals surface area contributed by atoms with Crippen LogP contribution in [0.25, 0.3) is 6.08 Å². The third-order valence-electron chi connectivity index (χ3n) is 3.34. The van der Waals surface area contributed by atoms with E-state index in [1.165, 1.54) is 4.90 Å². The minimum absolute atomic E-state index is 0.0401. The maximum Gasteiger partial charge on any atom is 0.246 e. The van der Waals surface area contributed by atoms with Gasteiger partial charge in [0.25, 0.3) is 0 Å². The average molecular weight is 319 g/mol. The Morgan fingerprint density at radius 2 is 1.65 bits per heavy atom. The fourth-order valence-corrected chi connectivity index (χ4v) is 1.83. The van der Waals surface area contributed by atoms with Crippen LogP contribution < -0.4 is 9.47 Å². The first kappa shape index (κ1) is 19.1. The van der Waals surface area contributed by atoms with Crippen molar-refractivity contribution in [1.29, 1.82) is 0 Å². The number of ether oxygens (including phenoxy) is 2. The highest BCUT2D eigenvalue weighted by Gasteiger charge is 2.06. The number of hydrogen-bond donors (Lipinski definition) is 0. The van der Waals surface area contributed by atoms with Crippen LogP contribution in [-0.4, -0.2) is 38.1 Å². The molecule has 0 bridgehead atoms. The van der Waals surface area contributed by atoms with Crippen molar-refractivity contribution in [2.75, 3.05) is 27.3 Å². The number of hydrogen-bond acceptors (Lipinski definition) is 3. The maximum absolute atomic E-state index is 11.6. The van der Waals surface area contributed by atoms with Crippen molar-refractivity contribution in [3.8, 4) is 11.5 Å². The lowest BCUT2D eigenvalue weighted by molar-refractivity contribution is -0.123. The fourth-order valence-electron chi connectivity index (χ4n) is 1.83. The molecule has 23 heavy (non-hydrogen) atoms. The van der Waals surface area contributed by atoms with Gasteiger partial charge in [0.2, 0.25) is 5.91 Å². The maximum atomic E-state index is 11.6. The van der Waals surface area contributed by atoms with Crippen LogP contribution in [-0.2, 0) is 4.79 Å². The van der Waals surface area contributed by atoms with Gasteiger partial charge in [-0.15, -0.1) is 0 Å². The Morgan fingerprint density at radius 3 is 2.22 bits per heavy atom. The zero-order valence-electron chi connectivity index (χ0n) is 14.8. The number of amides is 1. The van der Waals surface area contributed by atoms with E-state index in [1.807, 2.05) is 18.2 Å². The minimum atomic E-state index is -0.0401. The molecule has 0 N–H and O–H groups in total. The van der Waals surface area contributed by atoms with Crippen molar-refractivity contribution in [2.45, 2.75) is 39.5 Å². The Bertz CT molecular complexity index is 509. The van der Waals surface area contributed by atoms with E-state index in [9.17, 15) is 4.79 Å². The molecule has 0 fully saturated rings. The fraction of sp³-hybridized carbons (Fsp3) is 0.526. The second-order valence-corrected chi connectivity index (χ2v) is 5.68. The van der Waals surface area contributed by atoms with Gasteiger partial charge in [0.15, 0.2) is 11.5 Å². The molecule has 0 aliphatic heterocycles. The smallest absolute Gasteiger partial charge is 0.246 e. The van der Waals surface area contributed by atoms with Crippen LogP contribution in [0.4, 0.5) is 0 Å². The highest BCUT2D eigenvalue weighted by Crippen LogP contribution is 2.29. The lowest BCUT2D eigenvalue weighted by atomic mass is 10.2. The number of nitrogens with zero attached hydrogens (tertiary/aromatic N) is 1. The highest BCUT2D eigenvalue weighted by molar-refractivity contribution is 5.91. The summed E-state index contributed by atoms with van der Waals surface area (Å²) in [5.41, 5.74) is 0.925. The van der Waals surface area contributed by atoms with Gasteiger partial charge in [-0.2, -0.15) is 0 Å². The molecular formula is C19H29NO3. The normalized spacial score (nSPS) is 10.8. The van der Waals surface area contributed by atoms with Gasteiger partial charge in [-0.05, 0) is 36.6 Å². The van der Waals surface area contributed by atoms with E-state index in [2.05, 4.69) is 13.8 Å². The quantitative estimate of drug-likeness (QED) is 0.480. The monoisotopic (exact) mass is 319 g/mol. The summed E-state index contributed by atoms with van der Waals surface area (Å²) in [6.07, 6.45) is 7.57. The minimum Gasteiger partial charge on any atom is -0.490 e. The van der Waals surface area contributed by atoms with Gasteiger partial charge in [-0.3, -0.25) is 4.79 Å². The first-order valence-corrected chi connectivity index (χ1v) is 8.37. The summed E-state index contributed by atoms with van der Waals surface area (Å²) in [6.45, 7) is 5.63. The highest BCUT2D eigenvalue weighted by atomic mass is 16.5. The van der Waals surface area contributed by atoms with E-state index in [1.54, 1.807) is 26.2 Å².